The highest BCUT2D eigenvalue weighted by molar-refractivity contribution is 5.64. The van der Waals surface area contributed by atoms with Crippen molar-refractivity contribution in [2.45, 2.75) is 63.8 Å². The molecule has 2 fully saturated rings. The summed E-state index contributed by atoms with van der Waals surface area (Å²) in [6.45, 7) is 5.61. The summed E-state index contributed by atoms with van der Waals surface area (Å²) in [7, 11) is 0. The zero-order valence-electron chi connectivity index (χ0n) is 18.1. The zero-order valence-corrected chi connectivity index (χ0v) is 18.1. The Morgan fingerprint density at radius 2 is 1.30 bits per heavy atom. The average Bonchev–Trinajstić information content (AvgIpc) is 3.69. The van der Waals surface area contributed by atoms with Crippen molar-refractivity contribution in [2.24, 2.45) is 0 Å². The molecule has 2 heterocycles. The lowest BCUT2D eigenvalue weighted by Gasteiger charge is -2.14. The number of epoxide rings is 2. The van der Waals surface area contributed by atoms with Gasteiger partial charge in [-0.2, -0.15) is 0 Å². The van der Waals surface area contributed by atoms with Crippen LogP contribution in [0.5, 0.6) is 5.75 Å². The Balaban J connectivity index is 1.17. The Morgan fingerprint density at radius 1 is 0.767 bits per heavy atom. The SMILES string of the molecule is CC(OCCCCC1CO1)c1ccc(-c2ccc(OCCCCC3CO3)cc2)cc1. The van der Waals surface area contributed by atoms with Crippen LogP contribution in [0, 0.1) is 0 Å². The van der Waals surface area contributed by atoms with Gasteiger partial charge in [0.25, 0.3) is 0 Å². The van der Waals surface area contributed by atoms with Crippen molar-refractivity contribution < 1.29 is 18.9 Å². The molecule has 0 saturated carbocycles. The minimum Gasteiger partial charge on any atom is -0.494 e. The van der Waals surface area contributed by atoms with Gasteiger partial charge in [0.05, 0.1) is 38.1 Å². The fourth-order valence-electron chi connectivity index (χ4n) is 3.65. The van der Waals surface area contributed by atoms with Crippen LogP contribution in [-0.4, -0.2) is 38.6 Å². The van der Waals surface area contributed by atoms with Crippen molar-refractivity contribution in [3.63, 3.8) is 0 Å². The van der Waals surface area contributed by atoms with Gasteiger partial charge in [-0.1, -0.05) is 36.4 Å². The lowest BCUT2D eigenvalue weighted by atomic mass is 10.0. The largest absolute Gasteiger partial charge is 0.494 e. The summed E-state index contributed by atoms with van der Waals surface area (Å²) in [5, 5.41) is 0. The van der Waals surface area contributed by atoms with Gasteiger partial charge in [0.1, 0.15) is 5.75 Å². The van der Waals surface area contributed by atoms with Gasteiger partial charge in [0.15, 0.2) is 0 Å². The summed E-state index contributed by atoms with van der Waals surface area (Å²) in [6.07, 6.45) is 8.06. The van der Waals surface area contributed by atoms with Crippen molar-refractivity contribution >= 4 is 0 Å². The second kappa shape index (κ2) is 10.9. The molecule has 2 saturated heterocycles. The molecule has 30 heavy (non-hydrogen) atoms. The van der Waals surface area contributed by atoms with Crippen LogP contribution in [-0.2, 0) is 14.2 Å². The van der Waals surface area contributed by atoms with Crippen LogP contribution in [0.25, 0.3) is 11.1 Å². The fraction of sp³-hybridized carbons (Fsp3) is 0.538. The Hall–Kier alpha value is -1.88. The van der Waals surface area contributed by atoms with E-state index < -0.39 is 0 Å². The van der Waals surface area contributed by atoms with Crippen molar-refractivity contribution in [1.82, 2.24) is 0 Å². The van der Waals surface area contributed by atoms with E-state index in [1.165, 1.54) is 36.0 Å². The Bertz CT molecular complexity index is 748. The molecule has 3 unspecified atom stereocenters. The number of benzene rings is 2. The first-order valence-electron chi connectivity index (χ1n) is 11.5. The van der Waals surface area contributed by atoms with Crippen molar-refractivity contribution in [3.05, 3.63) is 54.1 Å². The van der Waals surface area contributed by atoms with Crippen LogP contribution in [0.4, 0.5) is 0 Å². The van der Waals surface area contributed by atoms with Gasteiger partial charge in [-0.3, -0.25) is 0 Å². The van der Waals surface area contributed by atoms with Crippen LogP contribution in [0.2, 0.25) is 0 Å². The van der Waals surface area contributed by atoms with E-state index >= 15 is 0 Å². The molecule has 3 atom stereocenters. The molecule has 0 N–H and O–H groups in total. The predicted molar refractivity (Wildman–Crippen MR) is 119 cm³/mol. The molecule has 4 heteroatoms. The third kappa shape index (κ3) is 7.12. The first-order valence-corrected chi connectivity index (χ1v) is 11.5. The molecule has 0 aliphatic carbocycles. The summed E-state index contributed by atoms with van der Waals surface area (Å²) in [5.74, 6) is 0.938. The summed E-state index contributed by atoms with van der Waals surface area (Å²) in [4.78, 5) is 0. The number of hydrogen-bond acceptors (Lipinski definition) is 4. The molecular weight excluding hydrogens is 376 g/mol. The van der Waals surface area contributed by atoms with Gasteiger partial charge in [0.2, 0.25) is 0 Å². The molecule has 2 aromatic rings. The molecule has 0 radical (unpaired) electrons. The van der Waals surface area contributed by atoms with Crippen molar-refractivity contribution in [3.8, 4) is 16.9 Å². The van der Waals surface area contributed by atoms with Gasteiger partial charge in [-0.05, 0) is 74.3 Å². The predicted octanol–water partition coefficient (Wildman–Crippen LogP) is 5.95. The highest BCUT2D eigenvalue weighted by Crippen LogP contribution is 2.26. The molecule has 2 aliphatic heterocycles. The van der Waals surface area contributed by atoms with E-state index in [9.17, 15) is 0 Å². The van der Waals surface area contributed by atoms with Gasteiger partial charge in [0, 0.05) is 6.61 Å². The van der Waals surface area contributed by atoms with Crippen molar-refractivity contribution in [2.75, 3.05) is 26.4 Å². The highest BCUT2D eigenvalue weighted by atomic mass is 16.6. The molecular formula is C26H34O4. The first-order chi connectivity index (χ1) is 14.8. The van der Waals surface area contributed by atoms with E-state index in [-0.39, 0.29) is 6.10 Å². The highest BCUT2D eigenvalue weighted by Gasteiger charge is 2.21. The fourth-order valence-corrected chi connectivity index (χ4v) is 3.65. The van der Waals surface area contributed by atoms with Crippen LogP contribution in [0.3, 0.4) is 0 Å². The zero-order chi connectivity index (χ0) is 20.6. The van der Waals surface area contributed by atoms with E-state index in [2.05, 4.69) is 55.5 Å². The maximum Gasteiger partial charge on any atom is 0.119 e. The number of unbranched alkanes of at least 4 members (excludes halogenated alkanes) is 2. The number of hydrogen-bond donors (Lipinski definition) is 0. The standard InChI is InChI=1S/C26H34O4/c1-20(27-16-4-2-6-25-18-29-25)21-8-10-22(11-9-21)23-12-14-24(15-13-23)28-17-5-3-7-26-19-30-26/h8-15,20,25-26H,2-7,16-19H2,1H3. The van der Waals surface area contributed by atoms with E-state index in [0.29, 0.717) is 12.2 Å². The third-order valence-electron chi connectivity index (χ3n) is 5.85. The summed E-state index contributed by atoms with van der Waals surface area (Å²) in [5.41, 5.74) is 3.64. The molecule has 0 amide bonds. The molecule has 0 spiro atoms. The summed E-state index contributed by atoms with van der Waals surface area (Å²) >= 11 is 0. The van der Waals surface area contributed by atoms with Crippen molar-refractivity contribution in [1.29, 1.82) is 0 Å². The van der Waals surface area contributed by atoms with Crippen LogP contribution in [0.1, 0.15) is 57.1 Å². The van der Waals surface area contributed by atoms with E-state index in [1.807, 2.05) is 0 Å². The van der Waals surface area contributed by atoms with Crippen LogP contribution in [0.15, 0.2) is 48.5 Å². The van der Waals surface area contributed by atoms with Gasteiger partial charge < -0.3 is 18.9 Å². The Labute approximate surface area is 180 Å². The Kier molecular flexibility index (Phi) is 7.79. The minimum absolute atomic E-state index is 0.124. The maximum absolute atomic E-state index is 6.00. The molecule has 2 aromatic carbocycles. The normalized spacial score (nSPS) is 20.7. The molecule has 0 aromatic heterocycles. The van der Waals surface area contributed by atoms with Gasteiger partial charge in [-0.15, -0.1) is 0 Å². The molecule has 2 aliphatic rings. The summed E-state index contributed by atoms with van der Waals surface area (Å²) in [6, 6.07) is 17.1. The quantitative estimate of drug-likeness (QED) is 0.285. The lowest BCUT2D eigenvalue weighted by molar-refractivity contribution is 0.0626. The monoisotopic (exact) mass is 410 g/mol. The molecule has 0 bridgehead atoms. The van der Waals surface area contributed by atoms with Crippen LogP contribution < -0.4 is 4.74 Å². The average molecular weight is 411 g/mol. The second-order valence-corrected chi connectivity index (χ2v) is 8.41. The maximum atomic E-state index is 6.00. The van der Waals surface area contributed by atoms with E-state index in [1.54, 1.807) is 0 Å². The topological polar surface area (TPSA) is 43.5 Å². The molecule has 4 rings (SSSR count). The Morgan fingerprint density at radius 3 is 1.87 bits per heavy atom. The first kappa shape index (κ1) is 21.4. The van der Waals surface area contributed by atoms with E-state index in [0.717, 1.165) is 51.4 Å². The molecule has 162 valence electrons. The summed E-state index contributed by atoms with van der Waals surface area (Å²) < 4.78 is 22.3. The van der Waals surface area contributed by atoms with Gasteiger partial charge in [-0.25, -0.2) is 0 Å². The third-order valence-corrected chi connectivity index (χ3v) is 5.85. The lowest BCUT2D eigenvalue weighted by Crippen LogP contribution is -2.02. The number of rotatable bonds is 14. The van der Waals surface area contributed by atoms with Gasteiger partial charge >= 0.3 is 0 Å². The van der Waals surface area contributed by atoms with E-state index in [4.69, 9.17) is 18.9 Å². The smallest absolute Gasteiger partial charge is 0.119 e. The second-order valence-electron chi connectivity index (χ2n) is 8.41. The minimum atomic E-state index is 0.124. The van der Waals surface area contributed by atoms with Crippen LogP contribution >= 0.6 is 0 Å². The molecule has 4 nitrogen and oxygen atoms in total. The number of ether oxygens (including phenoxy) is 4.